The SMILES string of the molecule is COc1ccc(Cl)cc1C1CNCCN(C)C1. The number of hydrogen-bond acceptors (Lipinski definition) is 3. The molecule has 1 atom stereocenters. The predicted molar refractivity (Wildman–Crippen MR) is 71.1 cm³/mol. The minimum absolute atomic E-state index is 0.427. The molecule has 3 nitrogen and oxygen atoms in total. The van der Waals surface area contributed by atoms with E-state index < -0.39 is 0 Å². The van der Waals surface area contributed by atoms with Gasteiger partial charge >= 0.3 is 0 Å². The van der Waals surface area contributed by atoms with Crippen molar-refractivity contribution in [2.75, 3.05) is 40.3 Å². The molecule has 94 valence electrons. The largest absolute Gasteiger partial charge is 0.496 e. The first-order valence-electron chi connectivity index (χ1n) is 5.93. The maximum absolute atomic E-state index is 6.08. The van der Waals surface area contributed by atoms with Gasteiger partial charge in [-0.2, -0.15) is 0 Å². The van der Waals surface area contributed by atoms with Crippen molar-refractivity contribution in [2.24, 2.45) is 0 Å². The molecule has 0 amide bonds. The van der Waals surface area contributed by atoms with E-state index in [9.17, 15) is 0 Å². The molecule has 0 saturated carbocycles. The minimum atomic E-state index is 0.427. The molecule has 1 aromatic carbocycles. The Morgan fingerprint density at radius 3 is 3.06 bits per heavy atom. The number of ether oxygens (including phenoxy) is 1. The second-order valence-corrected chi connectivity index (χ2v) is 4.99. The number of nitrogens with one attached hydrogen (secondary N) is 1. The molecule has 1 aliphatic rings. The van der Waals surface area contributed by atoms with E-state index in [4.69, 9.17) is 16.3 Å². The molecule has 0 aliphatic carbocycles. The van der Waals surface area contributed by atoms with Crippen molar-refractivity contribution in [3.05, 3.63) is 28.8 Å². The Kier molecular flexibility index (Phi) is 4.26. The van der Waals surface area contributed by atoms with Crippen LogP contribution in [0.3, 0.4) is 0 Å². The summed E-state index contributed by atoms with van der Waals surface area (Å²) in [5.74, 6) is 1.35. The summed E-state index contributed by atoms with van der Waals surface area (Å²) < 4.78 is 5.42. The monoisotopic (exact) mass is 254 g/mol. The van der Waals surface area contributed by atoms with Crippen LogP contribution in [0.1, 0.15) is 11.5 Å². The topological polar surface area (TPSA) is 24.5 Å². The summed E-state index contributed by atoms with van der Waals surface area (Å²) in [6.45, 7) is 4.13. The van der Waals surface area contributed by atoms with E-state index in [1.165, 1.54) is 5.56 Å². The first-order chi connectivity index (χ1) is 8.20. The van der Waals surface area contributed by atoms with Crippen LogP contribution in [0.25, 0.3) is 0 Å². The fourth-order valence-corrected chi connectivity index (χ4v) is 2.49. The highest BCUT2D eigenvalue weighted by Crippen LogP contribution is 2.30. The molecule has 0 bridgehead atoms. The number of rotatable bonds is 2. The molecule has 1 N–H and O–H groups in total. The van der Waals surface area contributed by atoms with Gasteiger partial charge in [0.25, 0.3) is 0 Å². The lowest BCUT2D eigenvalue weighted by Crippen LogP contribution is -2.25. The van der Waals surface area contributed by atoms with Gasteiger partial charge in [-0.15, -0.1) is 0 Å². The maximum Gasteiger partial charge on any atom is 0.122 e. The first kappa shape index (κ1) is 12.7. The van der Waals surface area contributed by atoms with Gasteiger partial charge < -0.3 is 15.0 Å². The van der Waals surface area contributed by atoms with Crippen molar-refractivity contribution < 1.29 is 4.74 Å². The Labute approximate surface area is 108 Å². The summed E-state index contributed by atoms with van der Waals surface area (Å²) in [6, 6.07) is 5.84. The third-order valence-electron chi connectivity index (χ3n) is 3.22. The highest BCUT2D eigenvalue weighted by molar-refractivity contribution is 6.30. The lowest BCUT2D eigenvalue weighted by molar-refractivity contribution is 0.336. The van der Waals surface area contributed by atoms with E-state index in [0.717, 1.165) is 37.0 Å². The van der Waals surface area contributed by atoms with E-state index in [1.54, 1.807) is 7.11 Å². The van der Waals surface area contributed by atoms with Gasteiger partial charge in [-0.05, 0) is 25.2 Å². The van der Waals surface area contributed by atoms with E-state index in [1.807, 2.05) is 18.2 Å². The number of nitrogens with zero attached hydrogens (tertiary/aromatic N) is 1. The molecule has 0 spiro atoms. The van der Waals surface area contributed by atoms with Crippen LogP contribution in [0.15, 0.2) is 18.2 Å². The highest BCUT2D eigenvalue weighted by Gasteiger charge is 2.20. The quantitative estimate of drug-likeness (QED) is 0.873. The van der Waals surface area contributed by atoms with Crippen LogP contribution in [0.4, 0.5) is 0 Å². The third-order valence-corrected chi connectivity index (χ3v) is 3.46. The van der Waals surface area contributed by atoms with Gasteiger partial charge in [-0.1, -0.05) is 11.6 Å². The van der Waals surface area contributed by atoms with Gasteiger partial charge in [0.1, 0.15) is 5.75 Å². The molecule has 1 saturated heterocycles. The number of methoxy groups -OCH3 is 1. The molecule has 1 aliphatic heterocycles. The predicted octanol–water partition coefficient (Wildman–Crippen LogP) is 1.97. The summed E-state index contributed by atoms with van der Waals surface area (Å²) in [5, 5.41) is 4.23. The van der Waals surface area contributed by atoms with E-state index in [0.29, 0.717) is 5.92 Å². The summed E-state index contributed by atoms with van der Waals surface area (Å²) in [6.07, 6.45) is 0. The van der Waals surface area contributed by atoms with Gasteiger partial charge in [0.15, 0.2) is 0 Å². The maximum atomic E-state index is 6.08. The average Bonchev–Trinajstić information content (AvgIpc) is 2.54. The second-order valence-electron chi connectivity index (χ2n) is 4.55. The van der Waals surface area contributed by atoms with Crippen molar-refractivity contribution in [2.45, 2.75) is 5.92 Å². The normalized spacial score (nSPS) is 22.2. The summed E-state index contributed by atoms with van der Waals surface area (Å²) >= 11 is 6.08. The van der Waals surface area contributed by atoms with Crippen LogP contribution in [0.5, 0.6) is 5.75 Å². The Morgan fingerprint density at radius 2 is 2.29 bits per heavy atom. The standard InChI is InChI=1S/C13H19ClN2O/c1-16-6-5-15-8-10(9-16)12-7-11(14)3-4-13(12)17-2/h3-4,7,10,15H,5-6,8-9H2,1-2H3. The molecule has 1 fully saturated rings. The number of hydrogen-bond donors (Lipinski definition) is 1. The summed E-state index contributed by atoms with van der Waals surface area (Å²) in [5.41, 5.74) is 1.20. The lowest BCUT2D eigenvalue weighted by atomic mass is 9.97. The Balaban J connectivity index is 2.27. The molecule has 0 aromatic heterocycles. The van der Waals surface area contributed by atoms with Crippen LogP contribution in [-0.2, 0) is 0 Å². The molecule has 0 radical (unpaired) electrons. The van der Waals surface area contributed by atoms with Gasteiger partial charge in [0, 0.05) is 42.7 Å². The number of likely N-dealkylation sites (N-methyl/N-ethyl adjacent to an activating group) is 1. The minimum Gasteiger partial charge on any atom is -0.496 e. The fourth-order valence-electron chi connectivity index (χ4n) is 2.31. The van der Waals surface area contributed by atoms with Crippen molar-refractivity contribution in [1.82, 2.24) is 10.2 Å². The smallest absolute Gasteiger partial charge is 0.122 e. The number of benzene rings is 1. The Morgan fingerprint density at radius 1 is 1.47 bits per heavy atom. The van der Waals surface area contributed by atoms with Crippen LogP contribution in [0, 0.1) is 0 Å². The van der Waals surface area contributed by atoms with Crippen molar-refractivity contribution >= 4 is 11.6 Å². The third kappa shape index (κ3) is 3.12. The molecule has 2 rings (SSSR count). The first-order valence-corrected chi connectivity index (χ1v) is 6.31. The Hall–Kier alpha value is -0.770. The number of halogens is 1. The summed E-state index contributed by atoms with van der Waals surface area (Å²) in [4.78, 5) is 2.34. The fraction of sp³-hybridized carbons (Fsp3) is 0.538. The average molecular weight is 255 g/mol. The van der Waals surface area contributed by atoms with Gasteiger partial charge in [0.2, 0.25) is 0 Å². The van der Waals surface area contributed by atoms with Crippen molar-refractivity contribution in [3.63, 3.8) is 0 Å². The Bertz CT molecular complexity index is 384. The summed E-state index contributed by atoms with van der Waals surface area (Å²) in [7, 11) is 3.86. The second kappa shape index (κ2) is 5.71. The van der Waals surface area contributed by atoms with Crippen molar-refractivity contribution in [1.29, 1.82) is 0 Å². The molecular weight excluding hydrogens is 236 g/mol. The molecule has 1 unspecified atom stereocenters. The van der Waals surface area contributed by atoms with E-state index in [-0.39, 0.29) is 0 Å². The lowest BCUT2D eigenvalue weighted by Gasteiger charge is -2.21. The molecule has 17 heavy (non-hydrogen) atoms. The zero-order valence-electron chi connectivity index (χ0n) is 10.4. The zero-order chi connectivity index (χ0) is 12.3. The molecule has 4 heteroatoms. The zero-order valence-corrected chi connectivity index (χ0v) is 11.1. The van der Waals surface area contributed by atoms with Crippen LogP contribution in [-0.4, -0.2) is 45.2 Å². The highest BCUT2D eigenvalue weighted by atomic mass is 35.5. The van der Waals surface area contributed by atoms with E-state index >= 15 is 0 Å². The van der Waals surface area contributed by atoms with Crippen LogP contribution in [0.2, 0.25) is 5.02 Å². The van der Waals surface area contributed by atoms with E-state index in [2.05, 4.69) is 17.3 Å². The van der Waals surface area contributed by atoms with Gasteiger partial charge in [-0.25, -0.2) is 0 Å². The van der Waals surface area contributed by atoms with Gasteiger partial charge in [-0.3, -0.25) is 0 Å². The molecule has 1 aromatic rings. The van der Waals surface area contributed by atoms with Crippen LogP contribution >= 0.6 is 11.6 Å². The van der Waals surface area contributed by atoms with Crippen LogP contribution < -0.4 is 10.1 Å². The van der Waals surface area contributed by atoms with Gasteiger partial charge in [0.05, 0.1) is 7.11 Å². The molecule has 1 heterocycles. The van der Waals surface area contributed by atoms with Crippen molar-refractivity contribution in [3.8, 4) is 5.75 Å². The molecular formula is C13H19ClN2O.